The first-order valence-corrected chi connectivity index (χ1v) is 8.76. The molecular weight excluding hydrogens is 349 g/mol. The van der Waals surface area contributed by atoms with E-state index in [2.05, 4.69) is 0 Å². The van der Waals surface area contributed by atoms with Gasteiger partial charge in [0.2, 0.25) is 10.0 Å². The van der Waals surface area contributed by atoms with Gasteiger partial charge in [-0.2, -0.15) is 0 Å². The number of esters is 1. The Morgan fingerprint density at radius 3 is 2.40 bits per heavy atom. The smallest absolute Gasteiger partial charge is 0.330 e. The maximum atomic E-state index is 13.4. The predicted octanol–water partition coefficient (Wildman–Crippen LogP) is 2.11. The first-order chi connectivity index (χ1) is 11.9. The molecule has 0 unspecified atom stereocenters. The second-order valence-electron chi connectivity index (χ2n) is 4.89. The summed E-state index contributed by atoms with van der Waals surface area (Å²) in [6, 6.07) is 11.6. The van der Waals surface area contributed by atoms with Crippen LogP contribution < -0.4 is 9.88 Å². The molecule has 0 aliphatic rings. The van der Waals surface area contributed by atoms with Crippen LogP contribution in [-0.4, -0.2) is 27.6 Å². The normalized spacial score (nSPS) is 11.4. The van der Waals surface area contributed by atoms with Gasteiger partial charge < -0.3 is 9.47 Å². The molecule has 0 saturated heterocycles. The molecule has 8 heteroatoms. The van der Waals surface area contributed by atoms with E-state index in [4.69, 9.17) is 14.6 Å². The number of carbonyl (C=O) groups excluding carboxylic acids is 1. The van der Waals surface area contributed by atoms with E-state index < -0.39 is 21.8 Å². The zero-order chi connectivity index (χ0) is 18.3. The molecule has 0 aliphatic heterocycles. The number of ether oxygens (including phenoxy) is 2. The molecule has 25 heavy (non-hydrogen) atoms. The molecule has 2 N–H and O–H groups in total. The number of hydrogen-bond acceptors (Lipinski definition) is 5. The van der Waals surface area contributed by atoms with Crippen molar-refractivity contribution in [3.05, 3.63) is 66.0 Å². The fraction of sp³-hybridized carbons (Fsp3) is 0.118. The summed E-state index contributed by atoms with van der Waals surface area (Å²) in [7, 11) is -3.75. The summed E-state index contributed by atoms with van der Waals surface area (Å²) in [6.45, 7) is 0.0609. The maximum Gasteiger partial charge on any atom is 0.330 e. The lowest BCUT2D eigenvalue weighted by Crippen LogP contribution is -2.12. The van der Waals surface area contributed by atoms with Gasteiger partial charge in [0.25, 0.3) is 0 Å². The lowest BCUT2D eigenvalue weighted by atomic mass is 10.2. The largest absolute Gasteiger partial charge is 0.490 e. The van der Waals surface area contributed by atoms with Crippen LogP contribution in [0.1, 0.15) is 5.56 Å². The van der Waals surface area contributed by atoms with E-state index in [9.17, 15) is 17.6 Å². The average molecular weight is 365 g/mol. The quantitative estimate of drug-likeness (QED) is 0.461. The summed E-state index contributed by atoms with van der Waals surface area (Å²) < 4.78 is 45.8. The van der Waals surface area contributed by atoms with Crippen molar-refractivity contribution in [3.63, 3.8) is 0 Å². The van der Waals surface area contributed by atoms with Gasteiger partial charge in [-0.05, 0) is 36.4 Å². The van der Waals surface area contributed by atoms with Crippen LogP contribution in [-0.2, 0) is 19.6 Å². The minimum atomic E-state index is -3.75. The molecule has 0 atom stereocenters. The molecule has 0 saturated carbocycles. The van der Waals surface area contributed by atoms with Crippen LogP contribution in [0.3, 0.4) is 0 Å². The predicted molar refractivity (Wildman–Crippen MR) is 89.7 cm³/mol. The molecule has 0 heterocycles. The van der Waals surface area contributed by atoms with E-state index in [0.29, 0.717) is 5.75 Å². The third-order valence-corrected chi connectivity index (χ3v) is 3.98. The van der Waals surface area contributed by atoms with Crippen LogP contribution in [0.25, 0.3) is 6.08 Å². The second-order valence-corrected chi connectivity index (χ2v) is 6.45. The lowest BCUT2D eigenvalue weighted by Gasteiger charge is -2.07. The molecule has 6 nitrogen and oxygen atoms in total. The summed E-state index contributed by atoms with van der Waals surface area (Å²) in [5.74, 6) is -0.653. The van der Waals surface area contributed by atoms with E-state index in [1.54, 1.807) is 12.1 Å². The summed E-state index contributed by atoms with van der Waals surface area (Å²) >= 11 is 0. The molecule has 2 aromatic rings. The highest BCUT2D eigenvalue weighted by molar-refractivity contribution is 7.89. The molecule has 2 rings (SSSR count). The van der Waals surface area contributed by atoms with Gasteiger partial charge in [0, 0.05) is 11.6 Å². The SMILES string of the molecule is NS(=O)(=O)c1ccc(OCCOC(=O)/C=C/c2ccccc2F)cc1. The van der Waals surface area contributed by atoms with E-state index in [0.717, 1.165) is 6.08 Å². The van der Waals surface area contributed by atoms with Gasteiger partial charge in [0.15, 0.2) is 0 Å². The molecule has 0 aromatic heterocycles. The average Bonchev–Trinajstić information content (AvgIpc) is 2.57. The number of rotatable bonds is 7. The summed E-state index contributed by atoms with van der Waals surface area (Å²) in [6.07, 6.45) is 2.45. The minimum absolute atomic E-state index is 0.0165. The van der Waals surface area contributed by atoms with Crippen molar-refractivity contribution < 1.29 is 27.1 Å². The molecular formula is C17H16FNO5S. The Morgan fingerprint density at radius 1 is 1.08 bits per heavy atom. The number of halogens is 1. The van der Waals surface area contributed by atoms with Gasteiger partial charge >= 0.3 is 5.97 Å². The lowest BCUT2D eigenvalue weighted by molar-refractivity contribution is -0.138. The van der Waals surface area contributed by atoms with Gasteiger partial charge in [-0.3, -0.25) is 0 Å². The number of hydrogen-bond donors (Lipinski definition) is 1. The Morgan fingerprint density at radius 2 is 1.76 bits per heavy atom. The van der Waals surface area contributed by atoms with Crippen molar-refractivity contribution in [2.75, 3.05) is 13.2 Å². The van der Waals surface area contributed by atoms with Crippen molar-refractivity contribution in [2.45, 2.75) is 4.90 Å². The molecule has 0 amide bonds. The topological polar surface area (TPSA) is 95.7 Å². The van der Waals surface area contributed by atoms with Crippen LogP contribution in [0.4, 0.5) is 4.39 Å². The Labute approximate surface area is 144 Å². The molecule has 132 valence electrons. The van der Waals surface area contributed by atoms with Crippen LogP contribution in [0.15, 0.2) is 59.5 Å². The zero-order valence-electron chi connectivity index (χ0n) is 13.1. The van der Waals surface area contributed by atoms with Crippen molar-refractivity contribution in [2.24, 2.45) is 5.14 Å². The summed E-state index contributed by atoms with van der Waals surface area (Å²) in [5, 5.41) is 4.99. The van der Waals surface area contributed by atoms with Crippen molar-refractivity contribution in [1.29, 1.82) is 0 Å². The monoisotopic (exact) mass is 365 g/mol. The van der Waals surface area contributed by atoms with E-state index >= 15 is 0 Å². The Kier molecular flexibility index (Phi) is 6.26. The third-order valence-electron chi connectivity index (χ3n) is 3.05. The molecule has 0 bridgehead atoms. The maximum absolute atomic E-state index is 13.4. The van der Waals surface area contributed by atoms with Crippen LogP contribution >= 0.6 is 0 Å². The van der Waals surface area contributed by atoms with Gasteiger partial charge in [-0.25, -0.2) is 22.7 Å². The molecule has 0 radical (unpaired) electrons. The van der Waals surface area contributed by atoms with Gasteiger partial charge in [-0.15, -0.1) is 0 Å². The second kappa shape index (κ2) is 8.41. The van der Waals surface area contributed by atoms with E-state index in [-0.39, 0.29) is 23.7 Å². The third kappa shape index (κ3) is 6.02. The standard InChI is InChI=1S/C17H16FNO5S/c18-16-4-2-1-3-13(16)5-10-17(20)24-12-11-23-14-6-8-15(9-7-14)25(19,21)22/h1-10H,11-12H2,(H2,19,21,22)/b10-5+. The van der Waals surface area contributed by atoms with Gasteiger partial charge in [0.05, 0.1) is 4.90 Å². The number of sulfonamides is 1. The van der Waals surface area contributed by atoms with E-state index in [1.165, 1.54) is 42.5 Å². The Hall–Kier alpha value is -2.71. The first-order valence-electron chi connectivity index (χ1n) is 7.21. The van der Waals surface area contributed by atoms with Gasteiger partial charge in [-0.1, -0.05) is 18.2 Å². The molecule has 0 spiro atoms. The van der Waals surface area contributed by atoms with Crippen molar-refractivity contribution in [1.82, 2.24) is 0 Å². The number of benzene rings is 2. The van der Waals surface area contributed by atoms with Crippen LogP contribution in [0, 0.1) is 5.82 Å². The number of nitrogens with two attached hydrogens (primary N) is 1. The highest BCUT2D eigenvalue weighted by atomic mass is 32.2. The highest BCUT2D eigenvalue weighted by Gasteiger charge is 2.07. The summed E-state index contributed by atoms with van der Waals surface area (Å²) in [5.41, 5.74) is 0.283. The molecule has 0 aliphatic carbocycles. The van der Waals surface area contributed by atoms with Crippen molar-refractivity contribution >= 4 is 22.1 Å². The fourth-order valence-electron chi connectivity index (χ4n) is 1.84. The highest BCUT2D eigenvalue weighted by Crippen LogP contribution is 2.14. The molecule has 2 aromatic carbocycles. The first kappa shape index (κ1) is 18.6. The van der Waals surface area contributed by atoms with Crippen LogP contribution in [0.5, 0.6) is 5.75 Å². The van der Waals surface area contributed by atoms with Crippen molar-refractivity contribution in [3.8, 4) is 5.75 Å². The zero-order valence-corrected chi connectivity index (χ0v) is 13.9. The van der Waals surface area contributed by atoms with E-state index in [1.807, 2.05) is 0 Å². The number of primary sulfonamides is 1. The van der Waals surface area contributed by atoms with Gasteiger partial charge in [0.1, 0.15) is 24.8 Å². The van der Waals surface area contributed by atoms with Crippen LogP contribution in [0.2, 0.25) is 0 Å². The minimum Gasteiger partial charge on any atom is -0.490 e. The Bertz CT molecular complexity index is 863. The molecule has 0 fully saturated rings. The summed E-state index contributed by atoms with van der Waals surface area (Å²) in [4.78, 5) is 11.5. The fourth-order valence-corrected chi connectivity index (χ4v) is 2.36. The number of carbonyl (C=O) groups is 1. The Balaban J connectivity index is 1.75.